The van der Waals surface area contributed by atoms with E-state index in [-0.39, 0.29) is 19.4 Å². The molecule has 1 atom stereocenters. The number of carbonyl (C=O) groups is 2. The number of hydrogen-bond acceptors (Lipinski definition) is 4. The molecule has 1 unspecified atom stereocenters. The van der Waals surface area contributed by atoms with Gasteiger partial charge >= 0.3 is 11.9 Å². The van der Waals surface area contributed by atoms with E-state index >= 15 is 0 Å². The number of hydrogen-bond donors (Lipinski definition) is 2. The van der Waals surface area contributed by atoms with Crippen LogP contribution in [0.25, 0.3) is 0 Å². The summed E-state index contributed by atoms with van der Waals surface area (Å²) in [6.07, 6.45) is 7.93. The third-order valence-corrected chi connectivity index (χ3v) is 2.50. The van der Waals surface area contributed by atoms with Crippen molar-refractivity contribution in [3.63, 3.8) is 0 Å². The lowest BCUT2D eigenvalue weighted by Gasteiger charge is -2.10. The normalized spacial score (nSPS) is 16.2. The van der Waals surface area contributed by atoms with Crippen LogP contribution in [0.15, 0.2) is 23.8 Å². The number of carbonyl (C=O) groups excluding carboxylic acids is 1. The van der Waals surface area contributed by atoms with Gasteiger partial charge in [-0.3, -0.25) is 9.59 Å². The van der Waals surface area contributed by atoms with Crippen molar-refractivity contribution in [2.45, 2.75) is 31.7 Å². The van der Waals surface area contributed by atoms with Gasteiger partial charge in [0.25, 0.3) is 0 Å². The fourth-order valence-electron chi connectivity index (χ4n) is 1.41. The van der Waals surface area contributed by atoms with E-state index in [1.165, 1.54) is 0 Å². The molecule has 94 valence electrons. The number of allylic oxidation sites excluding steroid dienone is 3. The average molecular weight is 239 g/mol. The molecule has 0 saturated carbocycles. The van der Waals surface area contributed by atoms with E-state index in [0.29, 0.717) is 0 Å². The van der Waals surface area contributed by atoms with Crippen LogP contribution in [0, 0.1) is 0 Å². The molecular weight excluding hydrogens is 222 g/mol. The molecule has 0 heterocycles. The fraction of sp³-hybridized carbons (Fsp3) is 0.500. The van der Waals surface area contributed by atoms with Crippen molar-refractivity contribution in [2.75, 3.05) is 6.61 Å². The summed E-state index contributed by atoms with van der Waals surface area (Å²) >= 11 is 0. The number of carboxylic acids is 1. The van der Waals surface area contributed by atoms with E-state index in [4.69, 9.17) is 15.6 Å². The molecule has 3 N–H and O–H groups in total. The molecule has 0 aromatic carbocycles. The van der Waals surface area contributed by atoms with Crippen LogP contribution in [-0.4, -0.2) is 29.7 Å². The smallest absolute Gasteiger partial charge is 0.320 e. The maximum atomic E-state index is 11.3. The molecule has 0 saturated heterocycles. The van der Waals surface area contributed by atoms with E-state index < -0.39 is 18.0 Å². The van der Waals surface area contributed by atoms with E-state index in [2.05, 4.69) is 6.08 Å². The van der Waals surface area contributed by atoms with Gasteiger partial charge in [0.2, 0.25) is 0 Å². The van der Waals surface area contributed by atoms with Gasteiger partial charge in [0.05, 0.1) is 0 Å². The molecule has 0 fully saturated rings. The number of rotatable bonds is 6. The van der Waals surface area contributed by atoms with Crippen LogP contribution in [0.2, 0.25) is 0 Å². The predicted molar refractivity (Wildman–Crippen MR) is 62.3 cm³/mol. The number of ether oxygens (including phenoxy) is 1. The van der Waals surface area contributed by atoms with Gasteiger partial charge in [-0.25, -0.2) is 0 Å². The SMILES string of the molecule is NC(CCC(=O)OCC1=CC=CCC1)C(=O)O. The molecule has 1 rings (SSSR count). The lowest BCUT2D eigenvalue weighted by Crippen LogP contribution is -2.30. The second kappa shape index (κ2) is 6.85. The quantitative estimate of drug-likeness (QED) is 0.675. The number of aliphatic carboxylic acids is 1. The van der Waals surface area contributed by atoms with E-state index in [0.717, 1.165) is 18.4 Å². The molecule has 5 heteroatoms. The van der Waals surface area contributed by atoms with Crippen molar-refractivity contribution in [3.8, 4) is 0 Å². The van der Waals surface area contributed by atoms with Crippen molar-refractivity contribution < 1.29 is 19.4 Å². The minimum Gasteiger partial charge on any atom is -0.480 e. The van der Waals surface area contributed by atoms with Crippen LogP contribution in [0.4, 0.5) is 0 Å². The average Bonchev–Trinajstić information content (AvgIpc) is 2.34. The van der Waals surface area contributed by atoms with Gasteiger partial charge in [0.15, 0.2) is 0 Å². The number of nitrogens with two attached hydrogens (primary N) is 1. The summed E-state index contributed by atoms with van der Waals surface area (Å²) in [4.78, 5) is 21.7. The second-order valence-corrected chi connectivity index (χ2v) is 3.94. The Morgan fingerprint density at radius 1 is 1.53 bits per heavy atom. The first kappa shape index (κ1) is 13.4. The van der Waals surface area contributed by atoms with Gasteiger partial charge in [-0.15, -0.1) is 0 Å². The van der Waals surface area contributed by atoms with Gasteiger partial charge in [-0.1, -0.05) is 18.2 Å². The molecular formula is C12H17NO4. The molecule has 0 aromatic rings. The summed E-state index contributed by atoms with van der Waals surface area (Å²) in [7, 11) is 0. The molecule has 1 aliphatic rings. The first-order valence-electron chi connectivity index (χ1n) is 5.58. The Morgan fingerprint density at radius 3 is 2.88 bits per heavy atom. The van der Waals surface area contributed by atoms with Crippen molar-refractivity contribution in [1.29, 1.82) is 0 Å². The molecule has 0 bridgehead atoms. The topological polar surface area (TPSA) is 89.6 Å². The lowest BCUT2D eigenvalue weighted by atomic mass is 10.1. The fourth-order valence-corrected chi connectivity index (χ4v) is 1.41. The highest BCUT2D eigenvalue weighted by Gasteiger charge is 2.14. The maximum absolute atomic E-state index is 11.3. The minimum atomic E-state index is -1.10. The Labute approximate surface area is 99.9 Å². The third-order valence-electron chi connectivity index (χ3n) is 2.50. The maximum Gasteiger partial charge on any atom is 0.320 e. The van der Waals surface area contributed by atoms with E-state index in [1.54, 1.807) is 0 Å². The Bertz CT molecular complexity index is 346. The largest absolute Gasteiger partial charge is 0.480 e. The summed E-state index contributed by atoms with van der Waals surface area (Å²) in [6.45, 7) is 0.283. The highest BCUT2D eigenvalue weighted by Crippen LogP contribution is 2.12. The molecule has 0 amide bonds. The van der Waals surface area contributed by atoms with Crippen LogP contribution in [-0.2, 0) is 14.3 Å². The molecule has 0 aliphatic heterocycles. The van der Waals surface area contributed by atoms with Crippen molar-refractivity contribution in [3.05, 3.63) is 23.8 Å². The standard InChI is InChI=1S/C12H17NO4/c13-10(12(15)16)6-7-11(14)17-8-9-4-2-1-3-5-9/h1-2,4,10H,3,5-8,13H2,(H,15,16). The van der Waals surface area contributed by atoms with E-state index in [9.17, 15) is 9.59 Å². The van der Waals surface area contributed by atoms with Gasteiger partial charge in [0, 0.05) is 6.42 Å². The highest BCUT2D eigenvalue weighted by molar-refractivity contribution is 5.75. The Kier molecular flexibility index (Phi) is 5.42. The zero-order valence-corrected chi connectivity index (χ0v) is 9.59. The molecule has 5 nitrogen and oxygen atoms in total. The Morgan fingerprint density at radius 2 is 2.29 bits per heavy atom. The molecule has 0 aromatic heterocycles. The first-order valence-corrected chi connectivity index (χ1v) is 5.58. The van der Waals surface area contributed by atoms with Crippen LogP contribution in [0.5, 0.6) is 0 Å². The van der Waals surface area contributed by atoms with Gasteiger partial charge in [-0.05, 0) is 24.8 Å². The zero-order chi connectivity index (χ0) is 12.7. The highest BCUT2D eigenvalue weighted by atomic mass is 16.5. The second-order valence-electron chi connectivity index (χ2n) is 3.94. The summed E-state index contributed by atoms with van der Waals surface area (Å²) in [6, 6.07) is -1.00. The van der Waals surface area contributed by atoms with Crippen LogP contribution in [0.1, 0.15) is 25.7 Å². The minimum absolute atomic E-state index is 0.0383. The zero-order valence-electron chi connectivity index (χ0n) is 9.59. The Hall–Kier alpha value is -1.62. The summed E-state index contributed by atoms with van der Waals surface area (Å²) in [5.74, 6) is -1.50. The number of carboxylic acid groups (broad SMARTS) is 1. The summed E-state index contributed by atoms with van der Waals surface area (Å²) < 4.78 is 5.02. The van der Waals surface area contributed by atoms with Crippen molar-refractivity contribution in [1.82, 2.24) is 0 Å². The monoisotopic (exact) mass is 239 g/mol. The third kappa shape index (κ3) is 5.31. The van der Waals surface area contributed by atoms with E-state index in [1.807, 2.05) is 12.2 Å². The first-order chi connectivity index (χ1) is 8.09. The number of esters is 1. The predicted octanol–water partition coefficient (Wildman–Crippen LogP) is 0.998. The Balaban J connectivity index is 2.19. The summed E-state index contributed by atoms with van der Waals surface area (Å²) in [5.41, 5.74) is 6.35. The van der Waals surface area contributed by atoms with Crippen LogP contribution in [0.3, 0.4) is 0 Å². The van der Waals surface area contributed by atoms with Crippen LogP contribution < -0.4 is 5.73 Å². The summed E-state index contributed by atoms with van der Waals surface area (Å²) in [5, 5.41) is 8.53. The molecule has 1 aliphatic carbocycles. The van der Waals surface area contributed by atoms with Crippen molar-refractivity contribution >= 4 is 11.9 Å². The molecule has 17 heavy (non-hydrogen) atoms. The van der Waals surface area contributed by atoms with Crippen molar-refractivity contribution in [2.24, 2.45) is 5.73 Å². The lowest BCUT2D eigenvalue weighted by molar-refractivity contribution is -0.143. The molecule has 0 spiro atoms. The van der Waals surface area contributed by atoms with Crippen LogP contribution >= 0.6 is 0 Å². The molecule has 0 radical (unpaired) electrons. The van der Waals surface area contributed by atoms with Gasteiger partial charge in [0.1, 0.15) is 12.6 Å². The van der Waals surface area contributed by atoms with Gasteiger partial charge in [-0.2, -0.15) is 0 Å². The van der Waals surface area contributed by atoms with Gasteiger partial charge < -0.3 is 15.6 Å².